The number of esters is 1. The predicted molar refractivity (Wildman–Crippen MR) is 115 cm³/mol. The Morgan fingerprint density at radius 2 is 1.52 bits per heavy atom. The molecule has 1 aliphatic carbocycles. The molecular weight excluding hydrogens is 380 g/mol. The number of fused-ring (bicyclic) bond motifs is 1. The summed E-state index contributed by atoms with van der Waals surface area (Å²) in [6.07, 6.45) is 3.17. The number of hydrogen-bond donors (Lipinski definition) is 1. The molecule has 2 aromatic carbocycles. The lowest BCUT2D eigenvalue weighted by Crippen LogP contribution is -2.67. The van der Waals surface area contributed by atoms with E-state index in [1.807, 2.05) is 24.3 Å². The largest absolute Gasteiger partial charge is 0.435 e. The van der Waals surface area contributed by atoms with Gasteiger partial charge in [0.05, 0.1) is 12.0 Å². The Hall–Kier alpha value is -2.21. The van der Waals surface area contributed by atoms with Gasteiger partial charge in [-0.25, -0.2) is 0 Å². The Balaban J connectivity index is 1.79. The third-order valence-corrected chi connectivity index (χ3v) is 11.2. The molecule has 29 heavy (non-hydrogen) atoms. The molecule has 0 unspecified atom stereocenters. The molecule has 1 saturated heterocycles. The zero-order valence-electron chi connectivity index (χ0n) is 17.1. The van der Waals surface area contributed by atoms with Crippen molar-refractivity contribution in [2.75, 3.05) is 0 Å². The topological polar surface area (TPSA) is 55.8 Å². The molecule has 0 saturated carbocycles. The van der Waals surface area contributed by atoms with Crippen LogP contribution in [-0.2, 0) is 14.0 Å². The number of rotatable bonds is 4. The summed E-state index contributed by atoms with van der Waals surface area (Å²) in [6.45, 7) is 6.73. The lowest BCUT2D eigenvalue weighted by atomic mass is 9.84. The Morgan fingerprint density at radius 1 is 0.966 bits per heavy atom. The maximum atomic E-state index is 11.9. The summed E-state index contributed by atoms with van der Waals surface area (Å²) < 4.78 is 12.1. The fraction of sp³-hybridized carbons (Fsp3) is 0.375. The van der Waals surface area contributed by atoms with E-state index in [-0.39, 0.29) is 28.9 Å². The number of aliphatic hydroxyl groups excluding tert-OH is 1. The van der Waals surface area contributed by atoms with Gasteiger partial charge in [-0.05, 0) is 21.8 Å². The van der Waals surface area contributed by atoms with Gasteiger partial charge in [-0.2, -0.15) is 0 Å². The molecule has 0 bridgehead atoms. The average Bonchev–Trinajstić information content (AvgIpc) is 3.00. The Kier molecular flexibility index (Phi) is 5.23. The molecule has 1 fully saturated rings. The molecule has 2 aliphatic rings. The lowest BCUT2D eigenvalue weighted by molar-refractivity contribution is -0.156. The second-order valence-corrected chi connectivity index (χ2v) is 13.2. The monoisotopic (exact) mass is 408 g/mol. The van der Waals surface area contributed by atoms with Gasteiger partial charge in [0, 0.05) is 5.92 Å². The molecule has 152 valence electrons. The van der Waals surface area contributed by atoms with Gasteiger partial charge in [0.25, 0.3) is 8.32 Å². The van der Waals surface area contributed by atoms with Crippen LogP contribution in [0.1, 0.15) is 27.2 Å². The minimum absolute atomic E-state index is 0.124. The smallest absolute Gasteiger partial charge is 0.315 e. The number of carbonyl (C=O) groups is 1. The highest BCUT2D eigenvalue weighted by Crippen LogP contribution is 2.41. The predicted octanol–water partition coefficient (Wildman–Crippen LogP) is 3.00. The van der Waals surface area contributed by atoms with Crippen molar-refractivity contribution in [3.8, 4) is 0 Å². The highest BCUT2D eigenvalue weighted by atomic mass is 28.4. The lowest BCUT2D eigenvalue weighted by Gasteiger charge is -2.45. The highest BCUT2D eigenvalue weighted by Gasteiger charge is 2.53. The van der Waals surface area contributed by atoms with E-state index in [2.05, 4.69) is 69.3 Å². The third kappa shape index (κ3) is 3.48. The van der Waals surface area contributed by atoms with Crippen LogP contribution >= 0.6 is 0 Å². The van der Waals surface area contributed by atoms with Crippen LogP contribution in [0.4, 0.5) is 0 Å². The van der Waals surface area contributed by atoms with Crippen molar-refractivity contribution in [2.45, 2.75) is 44.6 Å². The molecule has 0 amide bonds. The van der Waals surface area contributed by atoms with Gasteiger partial charge >= 0.3 is 5.97 Å². The number of carbonyl (C=O) groups excluding carboxylic acids is 1. The average molecular weight is 409 g/mol. The van der Waals surface area contributed by atoms with E-state index < -0.39 is 14.6 Å². The first-order chi connectivity index (χ1) is 13.8. The van der Waals surface area contributed by atoms with Crippen molar-refractivity contribution in [3.05, 3.63) is 72.8 Å². The van der Waals surface area contributed by atoms with Crippen LogP contribution in [0.25, 0.3) is 0 Å². The molecule has 4 nitrogen and oxygen atoms in total. The molecule has 0 spiro atoms. The summed E-state index contributed by atoms with van der Waals surface area (Å²) in [5, 5.41) is 12.5. The van der Waals surface area contributed by atoms with Gasteiger partial charge in [-0.3, -0.25) is 4.79 Å². The Bertz CT molecular complexity index is 849. The van der Waals surface area contributed by atoms with E-state index in [0.717, 1.165) is 0 Å². The quantitative estimate of drug-likeness (QED) is 0.480. The van der Waals surface area contributed by atoms with Crippen LogP contribution in [-0.4, -0.2) is 31.8 Å². The summed E-state index contributed by atoms with van der Waals surface area (Å²) in [4.78, 5) is 11.9. The van der Waals surface area contributed by atoms with E-state index >= 15 is 0 Å². The molecule has 2 aromatic rings. The summed E-state index contributed by atoms with van der Waals surface area (Å²) in [5.74, 6) is -0.970. The Labute approximate surface area is 173 Å². The number of ether oxygens (including phenoxy) is 1. The minimum atomic E-state index is -2.68. The van der Waals surface area contributed by atoms with Crippen LogP contribution in [0.15, 0.2) is 72.8 Å². The maximum Gasteiger partial charge on any atom is 0.315 e. The summed E-state index contributed by atoms with van der Waals surface area (Å²) >= 11 is 0. The first-order valence-corrected chi connectivity index (χ1v) is 12.1. The van der Waals surface area contributed by atoms with Crippen LogP contribution in [0, 0.1) is 11.8 Å². The molecule has 0 aromatic heterocycles. The molecule has 5 heteroatoms. The molecule has 0 radical (unpaired) electrons. The minimum Gasteiger partial charge on any atom is -0.435 e. The standard InChI is InChI=1S/C24H28O4Si/c1-24(2,3)29(18-10-6-4-7-11-18,19-12-8-5-9-13-19)28-17-14-15-20-21(16-17)23(26)27-22(20)25/h4-15,17,20-21,23,26H,16H2,1-3H3/t17-,20+,21-,23+/m0/s1. The van der Waals surface area contributed by atoms with Gasteiger partial charge in [0.1, 0.15) is 0 Å². The SMILES string of the molecule is CC(C)(C)[Si](O[C@H]1C=C[C@H]2C(=O)O[C@@H](O)[C@H]2C1)(c1ccccc1)c1ccccc1. The van der Waals surface area contributed by atoms with Crippen molar-refractivity contribution in [3.63, 3.8) is 0 Å². The summed E-state index contributed by atoms with van der Waals surface area (Å²) in [6, 6.07) is 21.0. The van der Waals surface area contributed by atoms with Crippen molar-refractivity contribution >= 4 is 24.7 Å². The summed E-state index contributed by atoms with van der Waals surface area (Å²) in [5.41, 5.74) is 0. The fourth-order valence-corrected chi connectivity index (χ4v) is 9.36. The number of benzene rings is 2. The van der Waals surface area contributed by atoms with Crippen LogP contribution < -0.4 is 10.4 Å². The van der Waals surface area contributed by atoms with E-state index in [9.17, 15) is 9.90 Å². The van der Waals surface area contributed by atoms with E-state index in [0.29, 0.717) is 6.42 Å². The zero-order chi connectivity index (χ0) is 20.6. The Morgan fingerprint density at radius 3 is 2.03 bits per heavy atom. The van der Waals surface area contributed by atoms with E-state index in [4.69, 9.17) is 9.16 Å². The van der Waals surface area contributed by atoms with Crippen molar-refractivity contribution in [1.82, 2.24) is 0 Å². The normalized spacial score (nSPS) is 26.8. The van der Waals surface area contributed by atoms with Crippen molar-refractivity contribution < 1.29 is 19.1 Å². The fourth-order valence-electron chi connectivity index (χ4n) is 4.72. The van der Waals surface area contributed by atoms with Gasteiger partial charge in [0.2, 0.25) is 6.29 Å². The van der Waals surface area contributed by atoms with Crippen LogP contribution in [0.3, 0.4) is 0 Å². The van der Waals surface area contributed by atoms with Crippen LogP contribution in [0.5, 0.6) is 0 Å². The third-order valence-electron chi connectivity index (χ3n) is 6.12. The van der Waals surface area contributed by atoms with E-state index in [1.54, 1.807) is 0 Å². The number of aliphatic hydroxyl groups is 1. The first-order valence-electron chi connectivity index (χ1n) is 10.2. The van der Waals surface area contributed by atoms with Gasteiger partial charge in [-0.1, -0.05) is 93.6 Å². The molecule has 1 N–H and O–H groups in total. The molecular formula is C24H28O4Si. The number of cyclic esters (lactones) is 1. The second kappa shape index (κ2) is 7.56. The zero-order valence-corrected chi connectivity index (χ0v) is 18.1. The van der Waals surface area contributed by atoms with Crippen molar-refractivity contribution in [1.29, 1.82) is 0 Å². The maximum absolute atomic E-state index is 11.9. The molecule has 1 heterocycles. The van der Waals surface area contributed by atoms with E-state index in [1.165, 1.54) is 10.4 Å². The highest BCUT2D eigenvalue weighted by molar-refractivity contribution is 6.99. The molecule has 1 aliphatic heterocycles. The first kappa shape index (κ1) is 20.1. The second-order valence-electron chi connectivity index (χ2n) is 8.96. The number of hydrogen-bond acceptors (Lipinski definition) is 4. The van der Waals surface area contributed by atoms with Crippen LogP contribution in [0.2, 0.25) is 5.04 Å². The molecule has 4 rings (SSSR count). The van der Waals surface area contributed by atoms with Gasteiger partial charge in [0.15, 0.2) is 0 Å². The van der Waals surface area contributed by atoms with Gasteiger partial charge in [-0.15, -0.1) is 0 Å². The molecule has 4 atom stereocenters. The summed E-state index contributed by atoms with van der Waals surface area (Å²) in [7, 11) is -2.68. The van der Waals surface area contributed by atoms with Crippen molar-refractivity contribution in [2.24, 2.45) is 11.8 Å². The van der Waals surface area contributed by atoms with Gasteiger partial charge < -0.3 is 14.3 Å².